The topological polar surface area (TPSA) is 50.9 Å². The maximum atomic E-state index is 11.9. The molecule has 1 N–H and O–H groups in total. The van der Waals surface area contributed by atoms with E-state index in [4.69, 9.17) is 4.42 Å². The van der Waals surface area contributed by atoms with Crippen LogP contribution >= 0.6 is 0 Å². The Bertz CT molecular complexity index is 720. The molecule has 0 aliphatic heterocycles. The average molecular weight is 240 g/mol. The Balaban J connectivity index is 2.12. The number of furan rings is 1. The Morgan fingerprint density at radius 1 is 1.17 bits per heavy atom. The number of hydrogen-bond acceptors (Lipinski definition) is 2. The van der Waals surface area contributed by atoms with Gasteiger partial charge in [-0.05, 0) is 36.8 Å². The molecule has 0 unspecified atom stereocenters. The molecule has 18 heavy (non-hydrogen) atoms. The number of nitrogens with one attached hydrogen (secondary N) is 1. The second kappa shape index (κ2) is 4.07. The van der Waals surface area contributed by atoms with Crippen molar-refractivity contribution in [2.75, 3.05) is 0 Å². The fraction of sp³-hybridized carbons (Fsp3) is 0.0714. The zero-order chi connectivity index (χ0) is 12.5. The maximum Gasteiger partial charge on any atom is 0.271 e. The minimum atomic E-state index is -0.105. The van der Waals surface area contributed by atoms with Crippen molar-refractivity contribution in [2.45, 2.75) is 6.92 Å². The number of rotatable bonds is 2. The predicted octanol–water partition coefficient (Wildman–Crippen LogP) is 2.73. The maximum absolute atomic E-state index is 11.9. The van der Waals surface area contributed by atoms with Crippen LogP contribution in [0.5, 0.6) is 0 Å². The molecule has 3 rings (SSSR count). The Morgan fingerprint density at radius 2 is 2.06 bits per heavy atom. The minimum Gasteiger partial charge on any atom is -0.463 e. The van der Waals surface area contributed by atoms with E-state index >= 15 is 0 Å². The summed E-state index contributed by atoms with van der Waals surface area (Å²) in [5, 5.41) is 3.04. The normalized spacial score (nSPS) is 10.7. The lowest BCUT2D eigenvalue weighted by molar-refractivity contribution is 0.579. The van der Waals surface area contributed by atoms with E-state index in [0.29, 0.717) is 11.5 Å². The fourth-order valence-electron chi connectivity index (χ4n) is 1.91. The van der Waals surface area contributed by atoms with Gasteiger partial charge in [-0.3, -0.25) is 9.89 Å². The Morgan fingerprint density at radius 3 is 2.78 bits per heavy atom. The highest BCUT2D eigenvalue weighted by atomic mass is 16.3. The molecule has 2 aromatic heterocycles. The highest BCUT2D eigenvalue weighted by Gasteiger charge is 2.08. The van der Waals surface area contributed by atoms with Crippen molar-refractivity contribution in [3.05, 3.63) is 64.6 Å². The predicted molar refractivity (Wildman–Crippen MR) is 68.8 cm³/mol. The second-order valence-corrected chi connectivity index (χ2v) is 4.16. The average Bonchev–Trinajstić information content (AvgIpc) is 2.97. The first-order valence-corrected chi connectivity index (χ1v) is 5.67. The van der Waals surface area contributed by atoms with E-state index in [0.717, 1.165) is 11.3 Å². The Kier molecular flexibility index (Phi) is 2.41. The van der Waals surface area contributed by atoms with Gasteiger partial charge in [0.1, 0.15) is 5.69 Å². The summed E-state index contributed by atoms with van der Waals surface area (Å²) in [4.78, 5) is 11.9. The summed E-state index contributed by atoms with van der Waals surface area (Å²) < 4.78 is 6.77. The molecular weight excluding hydrogens is 228 g/mol. The van der Waals surface area contributed by atoms with Gasteiger partial charge in [0, 0.05) is 6.07 Å². The van der Waals surface area contributed by atoms with Crippen LogP contribution in [-0.2, 0) is 0 Å². The monoisotopic (exact) mass is 240 g/mol. The summed E-state index contributed by atoms with van der Waals surface area (Å²) in [5.74, 6) is 0.651. The van der Waals surface area contributed by atoms with Crippen LogP contribution in [-0.4, -0.2) is 9.78 Å². The lowest BCUT2D eigenvalue weighted by atomic mass is 10.2. The Labute approximate surface area is 103 Å². The summed E-state index contributed by atoms with van der Waals surface area (Å²) in [6, 6.07) is 12.9. The van der Waals surface area contributed by atoms with Gasteiger partial charge in [-0.15, -0.1) is 0 Å². The van der Waals surface area contributed by atoms with Gasteiger partial charge in [-0.25, -0.2) is 4.68 Å². The van der Waals surface area contributed by atoms with Gasteiger partial charge >= 0.3 is 0 Å². The van der Waals surface area contributed by atoms with E-state index in [1.165, 1.54) is 10.7 Å². The molecule has 0 saturated carbocycles. The highest BCUT2D eigenvalue weighted by Crippen LogP contribution is 2.16. The van der Waals surface area contributed by atoms with Gasteiger partial charge in [0.15, 0.2) is 5.76 Å². The SMILES string of the molecule is Cc1cccc(-n2[nH]c(-c3ccco3)cc2=O)c1. The summed E-state index contributed by atoms with van der Waals surface area (Å²) >= 11 is 0. The number of benzene rings is 1. The molecule has 0 fully saturated rings. The minimum absolute atomic E-state index is 0.105. The Hall–Kier alpha value is -2.49. The number of aryl methyl sites for hydroxylation is 1. The largest absolute Gasteiger partial charge is 0.463 e. The molecule has 0 spiro atoms. The number of aromatic nitrogens is 2. The molecule has 0 saturated heterocycles. The number of nitrogens with zero attached hydrogens (tertiary/aromatic N) is 1. The lowest BCUT2D eigenvalue weighted by Crippen LogP contribution is -2.13. The molecule has 0 radical (unpaired) electrons. The van der Waals surface area contributed by atoms with Crippen LogP contribution in [0.15, 0.2) is 57.9 Å². The lowest BCUT2D eigenvalue weighted by Gasteiger charge is -2.02. The molecule has 2 heterocycles. The van der Waals surface area contributed by atoms with E-state index in [-0.39, 0.29) is 5.56 Å². The van der Waals surface area contributed by atoms with Crippen LogP contribution in [0.3, 0.4) is 0 Å². The van der Waals surface area contributed by atoms with E-state index in [1.807, 2.05) is 37.3 Å². The van der Waals surface area contributed by atoms with E-state index < -0.39 is 0 Å². The smallest absolute Gasteiger partial charge is 0.271 e. The third-order valence-electron chi connectivity index (χ3n) is 2.77. The summed E-state index contributed by atoms with van der Waals surface area (Å²) in [5.41, 5.74) is 2.49. The van der Waals surface area contributed by atoms with Crippen LogP contribution < -0.4 is 5.56 Å². The molecule has 1 aromatic carbocycles. The first kappa shape index (κ1) is 10.7. The molecule has 0 aliphatic carbocycles. The van der Waals surface area contributed by atoms with E-state index in [2.05, 4.69) is 5.10 Å². The number of H-pyrrole nitrogens is 1. The van der Waals surface area contributed by atoms with Crippen molar-refractivity contribution >= 4 is 0 Å². The van der Waals surface area contributed by atoms with Crippen molar-refractivity contribution in [3.8, 4) is 17.1 Å². The van der Waals surface area contributed by atoms with E-state index in [1.54, 1.807) is 12.3 Å². The quantitative estimate of drug-likeness (QED) is 0.748. The zero-order valence-corrected chi connectivity index (χ0v) is 9.88. The summed E-state index contributed by atoms with van der Waals surface area (Å²) in [6.45, 7) is 1.99. The molecule has 4 heteroatoms. The van der Waals surface area contributed by atoms with Gasteiger partial charge in [0.2, 0.25) is 0 Å². The van der Waals surface area contributed by atoms with Crippen molar-refractivity contribution in [1.82, 2.24) is 9.78 Å². The first-order chi connectivity index (χ1) is 8.74. The molecule has 0 aliphatic rings. The van der Waals surface area contributed by atoms with Crippen molar-refractivity contribution in [2.24, 2.45) is 0 Å². The standard InChI is InChI=1S/C14H12N2O2/c1-10-4-2-5-11(8-10)16-14(17)9-12(15-16)13-6-3-7-18-13/h2-9,15H,1H3. The van der Waals surface area contributed by atoms with Crippen LogP contribution in [0, 0.1) is 6.92 Å². The molecule has 0 bridgehead atoms. The molecular formula is C14H12N2O2. The van der Waals surface area contributed by atoms with Gasteiger partial charge in [-0.1, -0.05) is 12.1 Å². The molecule has 0 atom stereocenters. The molecule has 0 amide bonds. The third-order valence-corrected chi connectivity index (χ3v) is 2.77. The van der Waals surface area contributed by atoms with Crippen molar-refractivity contribution in [1.29, 1.82) is 0 Å². The van der Waals surface area contributed by atoms with Gasteiger partial charge < -0.3 is 4.42 Å². The van der Waals surface area contributed by atoms with Crippen molar-refractivity contribution < 1.29 is 4.42 Å². The van der Waals surface area contributed by atoms with E-state index in [9.17, 15) is 4.79 Å². The highest BCUT2D eigenvalue weighted by molar-refractivity contribution is 5.51. The van der Waals surface area contributed by atoms with Gasteiger partial charge in [-0.2, -0.15) is 0 Å². The van der Waals surface area contributed by atoms with Crippen LogP contribution in [0.25, 0.3) is 17.1 Å². The van der Waals surface area contributed by atoms with Gasteiger partial charge in [0.25, 0.3) is 5.56 Å². The third kappa shape index (κ3) is 1.78. The van der Waals surface area contributed by atoms with Crippen molar-refractivity contribution in [3.63, 3.8) is 0 Å². The first-order valence-electron chi connectivity index (χ1n) is 5.67. The second-order valence-electron chi connectivity index (χ2n) is 4.16. The number of aromatic amines is 1. The van der Waals surface area contributed by atoms with Crippen LogP contribution in [0.4, 0.5) is 0 Å². The molecule has 90 valence electrons. The molecule has 4 nitrogen and oxygen atoms in total. The van der Waals surface area contributed by atoms with Crippen LogP contribution in [0.1, 0.15) is 5.56 Å². The summed E-state index contributed by atoms with van der Waals surface area (Å²) in [7, 11) is 0. The van der Waals surface area contributed by atoms with Gasteiger partial charge in [0.05, 0.1) is 12.0 Å². The molecule has 3 aromatic rings. The van der Waals surface area contributed by atoms with Crippen LogP contribution in [0.2, 0.25) is 0 Å². The fourth-order valence-corrected chi connectivity index (χ4v) is 1.91. The zero-order valence-electron chi connectivity index (χ0n) is 9.88. The summed E-state index contributed by atoms with van der Waals surface area (Å²) in [6.07, 6.45) is 1.58. The number of hydrogen-bond donors (Lipinski definition) is 1.